The quantitative estimate of drug-likeness (QED) is 0.657. The second kappa shape index (κ2) is 4.07. The maximum absolute atomic E-state index is 13.0. The van der Waals surface area contributed by atoms with Crippen molar-refractivity contribution >= 4 is 11.0 Å². The summed E-state index contributed by atoms with van der Waals surface area (Å²) in [6.45, 7) is 0. The van der Waals surface area contributed by atoms with Crippen LogP contribution in [0.2, 0.25) is 0 Å². The zero-order chi connectivity index (χ0) is 12.5. The molecule has 0 fully saturated rings. The van der Waals surface area contributed by atoms with Crippen LogP contribution in [-0.2, 0) is 0 Å². The van der Waals surface area contributed by atoms with Gasteiger partial charge in [0.1, 0.15) is 17.2 Å². The Bertz CT molecular complexity index is 766. The van der Waals surface area contributed by atoms with Crippen LogP contribution < -0.4 is 5.43 Å². The van der Waals surface area contributed by atoms with Gasteiger partial charge in [-0.3, -0.25) is 9.78 Å². The first-order chi connectivity index (χ1) is 8.74. The summed E-state index contributed by atoms with van der Waals surface area (Å²) in [5.41, 5.74) is 0.804. The van der Waals surface area contributed by atoms with E-state index in [9.17, 15) is 9.18 Å². The first kappa shape index (κ1) is 10.7. The maximum Gasteiger partial charge on any atom is 0.193 e. The minimum absolute atomic E-state index is 0.239. The standard InChI is InChI=1S/C14H8FNO2/c15-10-3-4-13-11(6-10)12(17)7-14(18-13)9-2-1-5-16-8-9/h1-8H. The minimum Gasteiger partial charge on any atom is -0.456 e. The molecular formula is C14H8FNO2. The van der Waals surface area contributed by atoms with E-state index in [2.05, 4.69) is 4.98 Å². The van der Waals surface area contributed by atoms with Crippen LogP contribution in [0.4, 0.5) is 4.39 Å². The van der Waals surface area contributed by atoms with Crippen molar-refractivity contribution in [3.8, 4) is 11.3 Å². The summed E-state index contributed by atoms with van der Waals surface area (Å²) >= 11 is 0. The van der Waals surface area contributed by atoms with Crippen LogP contribution in [0.1, 0.15) is 0 Å². The molecule has 0 spiro atoms. The van der Waals surface area contributed by atoms with Crippen LogP contribution >= 0.6 is 0 Å². The van der Waals surface area contributed by atoms with Gasteiger partial charge in [0.2, 0.25) is 0 Å². The van der Waals surface area contributed by atoms with Crippen LogP contribution in [0.5, 0.6) is 0 Å². The predicted molar refractivity (Wildman–Crippen MR) is 65.7 cm³/mol. The van der Waals surface area contributed by atoms with Crippen LogP contribution in [-0.4, -0.2) is 4.98 Å². The van der Waals surface area contributed by atoms with Crippen molar-refractivity contribution in [2.45, 2.75) is 0 Å². The Balaban J connectivity index is 2.29. The SMILES string of the molecule is O=c1cc(-c2cccnc2)oc2ccc(F)cc12. The number of hydrogen-bond donors (Lipinski definition) is 0. The molecule has 0 aliphatic heterocycles. The van der Waals surface area contributed by atoms with Gasteiger partial charge in [-0.25, -0.2) is 4.39 Å². The monoisotopic (exact) mass is 241 g/mol. The Morgan fingerprint density at radius 1 is 1.17 bits per heavy atom. The minimum atomic E-state index is -0.455. The molecule has 4 heteroatoms. The second-order valence-corrected chi connectivity index (χ2v) is 3.86. The van der Waals surface area contributed by atoms with E-state index in [0.29, 0.717) is 16.9 Å². The zero-order valence-corrected chi connectivity index (χ0v) is 9.26. The van der Waals surface area contributed by atoms with Gasteiger partial charge in [-0.05, 0) is 30.3 Å². The second-order valence-electron chi connectivity index (χ2n) is 3.86. The zero-order valence-electron chi connectivity index (χ0n) is 9.26. The highest BCUT2D eigenvalue weighted by molar-refractivity contribution is 5.78. The lowest BCUT2D eigenvalue weighted by atomic mass is 10.1. The van der Waals surface area contributed by atoms with Gasteiger partial charge in [0.05, 0.1) is 5.39 Å². The summed E-state index contributed by atoms with van der Waals surface area (Å²) in [6.07, 6.45) is 3.24. The van der Waals surface area contributed by atoms with Crippen molar-refractivity contribution in [3.63, 3.8) is 0 Å². The number of hydrogen-bond acceptors (Lipinski definition) is 3. The molecule has 3 rings (SSSR count). The smallest absolute Gasteiger partial charge is 0.193 e. The molecule has 0 aliphatic carbocycles. The van der Waals surface area contributed by atoms with E-state index in [1.54, 1.807) is 24.5 Å². The molecule has 3 nitrogen and oxygen atoms in total. The van der Waals surface area contributed by atoms with Gasteiger partial charge in [-0.1, -0.05) is 0 Å². The molecule has 0 amide bonds. The van der Waals surface area contributed by atoms with Gasteiger partial charge < -0.3 is 4.42 Å². The molecule has 3 aromatic rings. The van der Waals surface area contributed by atoms with Crippen molar-refractivity contribution in [1.82, 2.24) is 4.98 Å². The largest absolute Gasteiger partial charge is 0.456 e. The molecule has 0 N–H and O–H groups in total. The Hall–Kier alpha value is -2.49. The third kappa shape index (κ3) is 1.78. The van der Waals surface area contributed by atoms with Crippen molar-refractivity contribution in [1.29, 1.82) is 0 Å². The fraction of sp³-hybridized carbons (Fsp3) is 0. The summed E-state index contributed by atoms with van der Waals surface area (Å²) < 4.78 is 18.6. The van der Waals surface area contributed by atoms with Gasteiger partial charge in [0.15, 0.2) is 5.43 Å². The highest BCUT2D eigenvalue weighted by atomic mass is 19.1. The summed E-state index contributed by atoms with van der Waals surface area (Å²) in [7, 11) is 0. The summed E-state index contributed by atoms with van der Waals surface area (Å²) in [5.74, 6) is -0.0314. The highest BCUT2D eigenvalue weighted by Crippen LogP contribution is 2.21. The molecule has 0 saturated carbocycles. The Morgan fingerprint density at radius 3 is 2.83 bits per heavy atom. The molecular weight excluding hydrogens is 233 g/mol. The van der Waals surface area contributed by atoms with E-state index in [0.717, 1.165) is 0 Å². The van der Waals surface area contributed by atoms with E-state index in [1.165, 1.54) is 24.3 Å². The normalized spacial score (nSPS) is 10.7. The third-order valence-electron chi connectivity index (χ3n) is 2.64. The lowest BCUT2D eigenvalue weighted by Gasteiger charge is -2.02. The fourth-order valence-electron chi connectivity index (χ4n) is 1.78. The molecule has 0 bridgehead atoms. The molecule has 0 aliphatic rings. The molecule has 0 saturated heterocycles. The number of rotatable bonds is 1. The number of fused-ring (bicyclic) bond motifs is 1. The van der Waals surface area contributed by atoms with E-state index in [-0.39, 0.29) is 10.8 Å². The van der Waals surface area contributed by atoms with Gasteiger partial charge in [-0.2, -0.15) is 0 Å². The average molecular weight is 241 g/mol. The van der Waals surface area contributed by atoms with E-state index < -0.39 is 5.82 Å². The number of benzene rings is 1. The molecule has 0 unspecified atom stereocenters. The topological polar surface area (TPSA) is 43.1 Å². The lowest BCUT2D eigenvalue weighted by molar-refractivity contribution is 0.608. The molecule has 1 aromatic carbocycles. The van der Waals surface area contributed by atoms with Crippen molar-refractivity contribution in [3.05, 3.63) is 64.8 Å². The number of nitrogens with zero attached hydrogens (tertiary/aromatic N) is 1. The van der Waals surface area contributed by atoms with E-state index >= 15 is 0 Å². The van der Waals surface area contributed by atoms with Crippen LogP contribution in [0.15, 0.2) is 58.0 Å². The summed E-state index contributed by atoms with van der Waals surface area (Å²) in [6, 6.07) is 8.78. The number of aromatic nitrogens is 1. The van der Waals surface area contributed by atoms with Crippen molar-refractivity contribution in [2.75, 3.05) is 0 Å². The van der Waals surface area contributed by atoms with Gasteiger partial charge in [-0.15, -0.1) is 0 Å². The third-order valence-corrected chi connectivity index (χ3v) is 2.64. The average Bonchev–Trinajstić information content (AvgIpc) is 2.40. The first-order valence-electron chi connectivity index (χ1n) is 5.38. The van der Waals surface area contributed by atoms with Crippen LogP contribution in [0.25, 0.3) is 22.3 Å². The molecule has 0 radical (unpaired) electrons. The van der Waals surface area contributed by atoms with Crippen LogP contribution in [0, 0.1) is 5.82 Å². The van der Waals surface area contributed by atoms with Crippen molar-refractivity contribution < 1.29 is 8.81 Å². The Morgan fingerprint density at radius 2 is 2.06 bits per heavy atom. The highest BCUT2D eigenvalue weighted by Gasteiger charge is 2.07. The Labute approximate surface area is 102 Å². The molecule has 2 aromatic heterocycles. The first-order valence-corrected chi connectivity index (χ1v) is 5.38. The molecule has 0 atom stereocenters. The van der Waals surface area contributed by atoms with Gasteiger partial charge in [0.25, 0.3) is 0 Å². The van der Waals surface area contributed by atoms with Crippen molar-refractivity contribution in [2.24, 2.45) is 0 Å². The lowest BCUT2D eigenvalue weighted by Crippen LogP contribution is -2.00. The summed E-state index contributed by atoms with van der Waals surface area (Å²) in [5, 5.41) is 0.239. The maximum atomic E-state index is 13.0. The molecule has 88 valence electrons. The predicted octanol–water partition coefficient (Wildman–Crippen LogP) is 2.99. The fourth-order valence-corrected chi connectivity index (χ4v) is 1.78. The van der Waals surface area contributed by atoms with E-state index in [4.69, 9.17) is 4.42 Å². The van der Waals surface area contributed by atoms with E-state index in [1.807, 2.05) is 0 Å². The summed E-state index contributed by atoms with van der Waals surface area (Å²) in [4.78, 5) is 15.8. The van der Waals surface area contributed by atoms with Crippen LogP contribution in [0.3, 0.4) is 0 Å². The molecule has 18 heavy (non-hydrogen) atoms. The van der Waals surface area contributed by atoms with Gasteiger partial charge >= 0.3 is 0 Å². The Kier molecular flexibility index (Phi) is 2.41. The number of halogens is 1. The number of pyridine rings is 1. The van der Waals surface area contributed by atoms with Gasteiger partial charge in [0, 0.05) is 24.0 Å². The molecule has 2 heterocycles.